The summed E-state index contributed by atoms with van der Waals surface area (Å²) in [7, 11) is 0. The fourth-order valence-electron chi connectivity index (χ4n) is 3.71. The highest BCUT2D eigenvalue weighted by Gasteiger charge is 2.29. The second-order valence-corrected chi connectivity index (χ2v) is 8.42. The van der Waals surface area contributed by atoms with Crippen LogP contribution in [-0.4, -0.2) is 18.2 Å². The largest absolute Gasteiger partial charge is 0.545 e. The lowest BCUT2D eigenvalue weighted by molar-refractivity contribution is -0.297. The van der Waals surface area contributed by atoms with E-state index >= 15 is 4.39 Å². The maximum atomic E-state index is 15.1. The Hall–Kier alpha value is -3.60. The van der Waals surface area contributed by atoms with Gasteiger partial charge in [-0.05, 0) is 81.2 Å². The zero-order valence-corrected chi connectivity index (χ0v) is 19.6. The van der Waals surface area contributed by atoms with Crippen molar-refractivity contribution in [2.75, 3.05) is 6.61 Å². The number of hydrogen-bond acceptors (Lipinski definition) is 4. The Kier molecular flexibility index (Phi) is 7.22. The summed E-state index contributed by atoms with van der Waals surface area (Å²) in [5.74, 6) is -0.631. The molecular formula is C28H28FO4-. The third-order valence-electron chi connectivity index (χ3n) is 5.22. The zero-order chi connectivity index (χ0) is 24.2. The Morgan fingerprint density at radius 2 is 1.85 bits per heavy atom. The molecule has 0 N–H and O–H groups in total. The third-order valence-corrected chi connectivity index (χ3v) is 5.22. The molecule has 0 atom stereocenters. The van der Waals surface area contributed by atoms with Crippen LogP contribution in [0.1, 0.15) is 51.3 Å². The number of carboxylic acids is 1. The van der Waals surface area contributed by atoms with E-state index in [0.29, 0.717) is 34.8 Å². The molecule has 33 heavy (non-hydrogen) atoms. The van der Waals surface area contributed by atoms with E-state index in [1.807, 2.05) is 63.2 Å². The molecule has 0 amide bonds. The molecule has 0 unspecified atom stereocenters. The molecule has 4 nitrogen and oxygen atoms in total. The molecule has 0 spiro atoms. The van der Waals surface area contributed by atoms with Crippen LogP contribution in [0.2, 0.25) is 0 Å². The first-order valence-electron chi connectivity index (χ1n) is 10.8. The lowest BCUT2D eigenvalue weighted by atomic mass is 9.88. The van der Waals surface area contributed by atoms with E-state index in [4.69, 9.17) is 9.47 Å². The fourth-order valence-corrected chi connectivity index (χ4v) is 3.71. The Bertz CT molecular complexity index is 1170. The van der Waals surface area contributed by atoms with Crippen LogP contribution in [0.3, 0.4) is 0 Å². The summed E-state index contributed by atoms with van der Waals surface area (Å²) < 4.78 is 27.1. The average Bonchev–Trinajstić information content (AvgIpc) is 2.76. The fraction of sp³-hybridized carbons (Fsp3) is 0.250. The molecular weight excluding hydrogens is 419 g/mol. The van der Waals surface area contributed by atoms with Crippen molar-refractivity contribution < 1.29 is 23.8 Å². The Balaban J connectivity index is 2.16. The molecule has 2 aromatic carbocycles. The smallest absolute Gasteiger partial charge is 0.132 e. The number of carbonyl (C=O) groups excluding carboxylic acids is 1. The molecule has 1 aliphatic heterocycles. The van der Waals surface area contributed by atoms with E-state index in [1.54, 1.807) is 13.8 Å². The minimum atomic E-state index is -1.32. The van der Waals surface area contributed by atoms with Gasteiger partial charge in [0, 0.05) is 17.2 Å². The van der Waals surface area contributed by atoms with Gasteiger partial charge in [-0.2, -0.15) is 0 Å². The molecule has 0 saturated carbocycles. The minimum absolute atomic E-state index is 0.371. The minimum Gasteiger partial charge on any atom is -0.545 e. The van der Waals surface area contributed by atoms with Crippen LogP contribution in [0.15, 0.2) is 78.2 Å². The molecule has 0 saturated heterocycles. The van der Waals surface area contributed by atoms with Crippen molar-refractivity contribution in [1.29, 1.82) is 0 Å². The summed E-state index contributed by atoms with van der Waals surface area (Å²) in [5.41, 5.74) is 3.71. The molecule has 2 aromatic rings. The summed E-state index contributed by atoms with van der Waals surface area (Å²) >= 11 is 0. The SMILES string of the molecule is CCOc1cc2c(cc1\C(C)=C(F)/C=C/C(C)=C/C(=O)[O-])C(c1ccccc1)=CC(C)(C)O2. The number of fused-ring (bicyclic) bond motifs is 1. The summed E-state index contributed by atoms with van der Waals surface area (Å²) in [4.78, 5) is 10.7. The first kappa shape index (κ1) is 24.1. The van der Waals surface area contributed by atoms with Crippen LogP contribution in [0.25, 0.3) is 11.1 Å². The van der Waals surface area contributed by atoms with Crippen LogP contribution < -0.4 is 14.6 Å². The second kappa shape index (κ2) is 9.90. The number of benzene rings is 2. The van der Waals surface area contributed by atoms with Crippen LogP contribution >= 0.6 is 0 Å². The van der Waals surface area contributed by atoms with Gasteiger partial charge in [0.05, 0.1) is 12.6 Å². The first-order valence-corrected chi connectivity index (χ1v) is 10.8. The number of aliphatic carboxylic acids is 1. The Morgan fingerprint density at radius 3 is 2.48 bits per heavy atom. The van der Waals surface area contributed by atoms with Gasteiger partial charge in [0.1, 0.15) is 22.9 Å². The van der Waals surface area contributed by atoms with E-state index in [9.17, 15) is 9.90 Å². The van der Waals surface area contributed by atoms with E-state index in [0.717, 1.165) is 22.8 Å². The van der Waals surface area contributed by atoms with Crippen molar-refractivity contribution >= 4 is 17.1 Å². The van der Waals surface area contributed by atoms with Crippen molar-refractivity contribution in [2.24, 2.45) is 0 Å². The average molecular weight is 448 g/mol. The lowest BCUT2D eigenvalue weighted by Gasteiger charge is -2.32. The number of ether oxygens (including phenoxy) is 2. The van der Waals surface area contributed by atoms with Gasteiger partial charge in [0.25, 0.3) is 0 Å². The predicted molar refractivity (Wildman–Crippen MR) is 127 cm³/mol. The van der Waals surface area contributed by atoms with E-state index in [2.05, 4.69) is 6.08 Å². The summed E-state index contributed by atoms with van der Waals surface area (Å²) in [6.45, 7) is 9.49. The van der Waals surface area contributed by atoms with E-state index in [-0.39, 0.29) is 0 Å². The zero-order valence-electron chi connectivity index (χ0n) is 19.6. The Morgan fingerprint density at radius 1 is 1.15 bits per heavy atom. The van der Waals surface area contributed by atoms with E-state index in [1.165, 1.54) is 12.2 Å². The van der Waals surface area contributed by atoms with Gasteiger partial charge in [0.15, 0.2) is 0 Å². The number of carboxylic acid groups (broad SMARTS) is 1. The molecule has 0 fully saturated rings. The van der Waals surface area contributed by atoms with Crippen LogP contribution in [0, 0.1) is 0 Å². The van der Waals surface area contributed by atoms with Crippen LogP contribution in [0.5, 0.6) is 11.5 Å². The van der Waals surface area contributed by atoms with Gasteiger partial charge in [-0.25, -0.2) is 4.39 Å². The highest BCUT2D eigenvalue weighted by molar-refractivity contribution is 5.88. The summed E-state index contributed by atoms with van der Waals surface area (Å²) in [6.07, 6.45) is 5.62. The van der Waals surface area contributed by atoms with Crippen LogP contribution in [0.4, 0.5) is 4.39 Å². The maximum Gasteiger partial charge on any atom is 0.132 e. The maximum absolute atomic E-state index is 15.1. The van der Waals surface area contributed by atoms with E-state index < -0.39 is 17.4 Å². The van der Waals surface area contributed by atoms with Gasteiger partial charge >= 0.3 is 0 Å². The van der Waals surface area contributed by atoms with Gasteiger partial charge in [-0.15, -0.1) is 0 Å². The molecule has 172 valence electrons. The number of carbonyl (C=O) groups is 1. The van der Waals surface area contributed by atoms with Crippen molar-refractivity contribution in [3.8, 4) is 11.5 Å². The molecule has 1 heterocycles. The van der Waals surface area contributed by atoms with Gasteiger partial charge in [-0.1, -0.05) is 36.4 Å². The third kappa shape index (κ3) is 5.80. The molecule has 3 rings (SSSR count). The highest BCUT2D eigenvalue weighted by atomic mass is 19.1. The van der Waals surface area contributed by atoms with Gasteiger partial charge in [-0.3, -0.25) is 0 Å². The Labute approximate surface area is 194 Å². The van der Waals surface area contributed by atoms with Crippen molar-refractivity contribution in [3.05, 3.63) is 94.9 Å². The lowest BCUT2D eigenvalue weighted by Crippen LogP contribution is -2.29. The van der Waals surface area contributed by atoms with Crippen molar-refractivity contribution in [2.45, 2.75) is 40.2 Å². The molecule has 0 radical (unpaired) electrons. The monoisotopic (exact) mass is 447 g/mol. The quantitative estimate of drug-likeness (QED) is 0.407. The van der Waals surface area contributed by atoms with Crippen LogP contribution in [-0.2, 0) is 4.79 Å². The highest BCUT2D eigenvalue weighted by Crippen LogP contribution is 2.44. The number of halogens is 1. The number of allylic oxidation sites excluding steroid dienone is 5. The molecule has 0 bridgehead atoms. The summed E-state index contributed by atoms with van der Waals surface area (Å²) in [6, 6.07) is 13.7. The standard InChI is InChI=1S/C28H29FO4/c1-6-32-25-16-26-22(23(17-28(4,5)33-26)20-10-8-7-9-11-20)15-21(25)19(3)24(29)13-12-18(2)14-27(30)31/h7-17H,6H2,1-5H3,(H,30,31)/p-1/b13-12+,18-14+,24-19+. The topological polar surface area (TPSA) is 58.6 Å². The second-order valence-electron chi connectivity index (χ2n) is 8.42. The molecule has 0 aliphatic carbocycles. The van der Waals surface area contributed by atoms with Crippen molar-refractivity contribution in [1.82, 2.24) is 0 Å². The normalized spacial score (nSPS) is 15.9. The predicted octanol–water partition coefficient (Wildman–Crippen LogP) is 5.64. The van der Waals surface area contributed by atoms with Gasteiger partial charge < -0.3 is 19.4 Å². The first-order chi connectivity index (χ1) is 15.6. The molecule has 0 aromatic heterocycles. The molecule has 5 heteroatoms. The van der Waals surface area contributed by atoms with Crippen molar-refractivity contribution in [3.63, 3.8) is 0 Å². The number of hydrogen-bond donors (Lipinski definition) is 0. The summed E-state index contributed by atoms with van der Waals surface area (Å²) in [5, 5.41) is 10.7. The molecule has 1 aliphatic rings. The number of rotatable bonds is 7. The van der Waals surface area contributed by atoms with Gasteiger partial charge in [0.2, 0.25) is 0 Å².